The van der Waals surface area contributed by atoms with Crippen LogP contribution in [-0.4, -0.2) is 67.9 Å². The largest absolute Gasteiger partial charge is 0.457 e. The van der Waals surface area contributed by atoms with Crippen LogP contribution in [0.2, 0.25) is 5.02 Å². The Morgan fingerprint density at radius 2 is 1.73 bits per heavy atom. The molecule has 0 atom stereocenters. The van der Waals surface area contributed by atoms with Crippen LogP contribution in [0.5, 0.6) is 0 Å². The highest BCUT2D eigenvalue weighted by atomic mass is 35.5. The zero-order chi connectivity index (χ0) is 29.6. The quantitative estimate of drug-likeness (QED) is 0.257. The predicted octanol–water partition coefficient (Wildman–Crippen LogP) is 5.45. The number of rotatable bonds is 9. The lowest BCUT2D eigenvalue weighted by molar-refractivity contribution is -0.137. The summed E-state index contributed by atoms with van der Waals surface area (Å²) in [5, 5.41) is 5.56. The fraction of sp³-hybridized carbons (Fsp3) is 0.333. The van der Waals surface area contributed by atoms with E-state index in [2.05, 4.69) is 27.5 Å². The van der Waals surface area contributed by atoms with Crippen molar-refractivity contribution < 1.29 is 27.2 Å². The maximum absolute atomic E-state index is 13.2. The number of aryl methyl sites for hydroxylation is 1. The predicted molar refractivity (Wildman–Crippen MR) is 152 cm³/mol. The molecule has 1 aliphatic rings. The number of amides is 2. The molecular weight excluding hydrogens is 557 g/mol. The molecule has 1 aliphatic heterocycles. The SMILES string of the molecule is Cc1ccc(C(=O)N/C(=C/c2ccc(-c3cc(C(F)(F)F)ccc3Cl)o2)C(=O)NCCCN2CCN(C)CC2)cc1. The Balaban J connectivity index is 1.51. The number of nitrogens with one attached hydrogen (secondary N) is 2. The van der Waals surface area contributed by atoms with Crippen molar-refractivity contribution in [2.45, 2.75) is 19.5 Å². The van der Waals surface area contributed by atoms with Crippen LogP contribution in [0.3, 0.4) is 0 Å². The van der Waals surface area contributed by atoms with Crippen molar-refractivity contribution in [1.29, 1.82) is 0 Å². The van der Waals surface area contributed by atoms with Crippen LogP contribution in [0.4, 0.5) is 13.2 Å². The van der Waals surface area contributed by atoms with Crippen LogP contribution in [0.15, 0.2) is 64.7 Å². The molecule has 0 aliphatic carbocycles. The van der Waals surface area contributed by atoms with Gasteiger partial charge in [-0.05, 0) is 69.4 Å². The maximum atomic E-state index is 13.2. The molecule has 1 fully saturated rings. The van der Waals surface area contributed by atoms with Gasteiger partial charge in [0.2, 0.25) is 0 Å². The Labute approximate surface area is 241 Å². The van der Waals surface area contributed by atoms with E-state index in [0.29, 0.717) is 12.1 Å². The summed E-state index contributed by atoms with van der Waals surface area (Å²) in [4.78, 5) is 30.7. The van der Waals surface area contributed by atoms with Crippen LogP contribution >= 0.6 is 11.6 Å². The first-order valence-corrected chi connectivity index (χ1v) is 13.6. The molecule has 0 unspecified atom stereocenters. The Bertz CT molecular complexity index is 1390. The zero-order valence-corrected chi connectivity index (χ0v) is 23.6. The number of alkyl halides is 3. The maximum Gasteiger partial charge on any atom is 0.416 e. The number of piperazine rings is 1. The minimum absolute atomic E-state index is 0.0553. The van der Waals surface area contributed by atoms with Crippen molar-refractivity contribution in [3.05, 3.63) is 87.8 Å². The van der Waals surface area contributed by atoms with E-state index in [1.54, 1.807) is 24.3 Å². The number of hydrogen-bond donors (Lipinski definition) is 2. The van der Waals surface area contributed by atoms with Gasteiger partial charge in [0.05, 0.1) is 10.6 Å². The van der Waals surface area contributed by atoms with Gasteiger partial charge in [-0.15, -0.1) is 0 Å². The molecule has 11 heteroatoms. The molecule has 1 aromatic heterocycles. The molecule has 2 amide bonds. The summed E-state index contributed by atoms with van der Waals surface area (Å²) < 4.78 is 45.5. The minimum Gasteiger partial charge on any atom is -0.457 e. The smallest absolute Gasteiger partial charge is 0.416 e. The molecule has 7 nitrogen and oxygen atoms in total. The van der Waals surface area contributed by atoms with Crippen LogP contribution in [0, 0.1) is 6.92 Å². The van der Waals surface area contributed by atoms with E-state index < -0.39 is 23.6 Å². The van der Waals surface area contributed by atoms with E-state index >= 15 is 0 Å². The third-order valence-electron chi connectivity index (χ3n) is 6.81. The van der Waals surface area contributed by atoms with Crippen molar-refractivity contribution in [3.8, 4) is 11.3 Å². The first-order valence-electron chi connectivity index (χ1n) is 13.3. The van der Waals surface area contributed by atoms with E-state index in [4.69, 9.17) is 16.0 Å². The lowest BCUT2D eigenvalue weighted by Gasteiger charge is -2.32. The van der Waals surface area contributed by atoms with Gasteiger partial charge in [-0.1, -0.05) is 29.3 Å². The molecular formula is C30H32ClF3N4O3. The molecule has 2 heterocycles. The third-order valence-corrected chi connectivity index (χ3v) is 7.14. The van der Waals surface area contributed by atoms with Crippen LogP contribution in [0.1, 0.15) is 33.7 Å². The van der Waals surface area contributed by atoms with Gasteiger partial charge in [-0.3, -0.25) is 9.59 Å². The summed E-state index contributed by atoms with van der Waals surface area (Å²) in [6.45, 7) is 7.07. The Morgan fingerprint density at radius 3 is 2.41 bits per heavy atom. The van der Waals surface area contributed by atoms with Gasteiger partial charge < -0.3 is 24.9 Å². The first kappa shape index (κ1) is 30.4. The van der Waals surface area contributed by atoms with Gasteiger partial charge in [-0.25, -0.2) is 0 Å². The van der Waals surface area contributed by atoms with Crippen molar-refractivity contribution in [2.75, 3.05) is 46.3 Å². The van der Waals surface area contributed by atoms with Crippen molar-refractivity contribution >= 4 is 29.5 Å². The van der Waals surface area contributed by atoms with Crippen LogP contribution in [-0.2, 0) is 11.0 Å². The lowest BCUT2D eigenvalue weighted by Crippen LogP contribution is -2.45. The molecule has 0 bridgehead atoms. The van der Waals surface area contributed by atoms with E-state index in [-0.39, 0.29) is 27.8 Å². The molecule has 41 heavy (non-hydrogen) atoms. The highest BCUT2D eigenvalue weighted by molar-refractivity contribution is 6.33. The minimum atomic E-state index is -4.55. The summed E-state index contributed by atoms with van der Waals surface area (Å²) in [6, 6.07) is 12.8. The van der Waals surface area contributed by atoms with E-state index in [1.807, 2.05) is 6.92 Å². The first-order chi connectivity index (χ1) is 19.5. The molecule has 1 saturated heterocycles. The lowest BCUT2D eigenvalue weighted by atomic mass is 10.1. The number of halogens is 4. The van der Waals surface area contributed by atoms with Gasteiger partial charge in [0.1, 0.15) is 17.2 Å². The zero-order valence-electron chi connectivity index (χ0n) is 22.9. The average molecular weight is 589 g/mol. The Morgan fingerprint density at radius 1 is 1.02 bits per heavy atom. The van der Waals surface area contributed by atoms with Crippen molar-refractivity contribution in [2.24, 2.45) is 0 Å². The van der Waals surface area contributed by atoms with E-state index in [0.717, 1.165) is 62.9 Å². The number of benzene rings is 2. The summed E-state index contributed by atoms with van der Waals surface area (Å²) >= 11 is 6.16. The van der Waals surface area contributed by atoms with Gasteiger partial charge in [0.15, 0.2) is 0 Å². The summed E-state index contributed by atoms with van der Waals surface area (Å²) in [5.41, 5.74) is 0.463. The molecule has 0 radical (unpaired) electrons. The molecule has 0 saturated carbocycles. The molecule has 4 rings (SSSR count). The van der Waals surface area contributed by atoms with E-state index in [1.165, 1.54) is 18.2 Å². The van der Waals surface area contributed by atoms with Crippen LogP contribution in [0.25, 0.3) is 17.4 Å². The van der Waals surface area contributed by atoms with E-state index in [9.17, 15) is 22.8 Å². The normalized spacial score (nSPS) is 15.1. The second-order valence-corrected chi connectivity index (χ2v) is 10.4. The van der Waals surface area contributed by atoms with Gasteiger partial charge in [0.25, 0.3) is 11.8 Å². The Kier molecular flexibility index (Phi) is 9.90. The molecule has 0 spiro atoms. The van der Waals surface area contributed by atoms with Gasteiger partial charge >= 0.3 is 6.18 Å². The van der Waals surface area contributed by atoms with Crippen LogP contribution < -0.4 is 10.6 Å². The fourth-order valence-electron chi connectivity index (χ4n) is 4.34. The highest BCUT2D eigenvalue weighted by Gasteiger charge is 2.31. The number of hydrogen-bond acceptors (Lipinski definition) is 5. The summed E-state index contributed by atoms with van der Waals surface area (Å²) in [6.07, 6.45) is -2.48. The standard InChI is InChI=1S/C30H32ClF3N4O3/c1-20-4-6-21(7-5-20)28(39)36-26(29(40)35-12-3-13-38-16-14-37(2)15-17-38)19-23-9-11-27(41-23)24-18-22(30(32,33)34)8-10-25(24)31/h4-11,18-19H,3,12-17H2,1-2H3,(H,35,40)(H,36,39)/b26-19+. The molecule has 3 aromatic rings. The second-order valence-electron chi connectivity index (χ2n) is 10.0. The monoisotopic (exact) mass is 588 g/mol. The van der Waals surface area contributed by atoms with Gasteiger partial charge in [-0.2, -0.15) is 13.2 Å². The number of carbonyl (C=O) groups excluding carboxylic acids is 2. The average Bonchev–Trinajstić information content (AvgIpc) is 3.39. The van der Waals surface area contributed by atoms with Gasteiger partial charge in [0, 0.05) is 49.9 Å². The summed E-state index contributed by atoms with van der Waals surface area (Å²) in [5.74, 6) is -0.764. The number of carbonyl (C=O) groups is 2. The topological polar surface area (TPSA) is 77.8 Å². The fourth-order valence-corrected chi connectivity index (χ4v) is 4.55. The highest BCUT2D eigenvalue weighted by Crippen LogP contribution is 2.36. The molecule has 2 aromatic carbocycles. The van der Waals surface area contributed by atoms with Crippen molar-refractivity contribution in [1.82, 2.24) is 20.4 Å². The number of likely N-dealkylation sites (N-methyl/N-ethyl adjacent to an activating group) is 1. The second kappa shape index (κ2) is 13.4. The number of furan rings is 1. The molecule has 2 N–H and O–H groups in total. The Hall–Kier alpha value is -3.60. The number of nitrogens with zero attached hydrogens (tertiary/aromatic N) is 2. The summed E-state index contributed by atoms with van der Waals surface area (Å²) in [7, 11) is 2.09. The molecule has 218 valence electrons. The third kappa shape index (κ3) is 8.45. The van der Waals surface area contributed by atoms with Crippen molar-refractivity contribution in [3.63, 3.8) is 0 Å².